The number of nitrogens with one attached hydrogen (secondary N) is 1. The van der Waals surface area contributed by atoms with Crippen LogP contribution < -0.4 is 5.32 Å². The first kappa shape index (κ1) is 14.1. The summed E-state index contributed by atoms with van der Waals surface area (Å²) in [6, 6.07) is 1.65. The maximum Gasteiger partial charge on any atom is 0.268 e. The summed E-state index contributed by atoms with van der Waals surface area (Å²) in [5.74, 6) is -0.169. The molecule has 0 fully saturated rings. The maximum absolute atomic E-state index is 12.1. The zero-order chi connectivity index (χ0) is 13.1. The van der Waals surface area contributed by atoms with Crippen molar-refractivity contribution in [3.63, 3.8) is 0 Å². The number of amides is 1. The third-order valence-electron chi connectivity index (χ3n) is 2.63. The Labute approximate surface area is 107 Å². The molecule has 0 aromatic carbocycles. The lowest BCUT2D eigenvalue weighted by Gasteiger charge is -2.25. The van der Waals surface area contributed by atoms with Gasteiger partial charge in [0.25, 0.3) is 5.91 Å². The van der Waals surface area contributed by atoms with Gasteiger partial charge in [0.05, 0.1) is 5.02 Å². The molecule has 0 radical (unpaired) electrons. The van der Waals surface area contributed by atoms with Crippen molar-refractivity contribution in [2.75, 3.05) is 6.61 Å². The predicted molar refractivity (Wildman–Crippen MR) is 68.4 cm³/mol. The Morgan fingerprint density at radius 3 is 2.76 bits per heavy atom. The van der Waals surface area contributed by atoms with Gasteiger partial charge in [-0.2, -0.15) is 0 Å². The van der Waals surface area contributed by atoms with E-state index in [1.54, 1.807) is 16.8 Å². The van der Waals surface area contributed by atoms with Crippen LogP contribution >= 0.6 is 11.6 Å². The first-order valence-electron chi connectivity index (χ1n) is 5.68. The number of carbonyl (C=O) groups is 1. The fourth-order valence-electron chi connectivity index (χ4n) is 1.64. The van der Waals surface area contributed by atoms with Gasteiger partial charge >= 0.3 is 0 Å². The molecule has 17 heavy (non-hydrogen) atoms. The molecule has 0 aliphatic heterocycles. The van der Waals surface area contributed by atoms with E-state index in [1.807, 2.05) is 20.8 Å². The molecule has 1 amide bonds. The molecule has 0 aliphatic rings. The van der Waals surface area contributed by atoms with Crippen molar-refractivity contribution in [2.24, 2.45) is 0 Å². The van der Waals surface area contributed by atoms with Crippen molar-refractivity contribution in [1.29, 1.82) is 0 Å². The molecule has 0 aliphatic carbocycles. The fourth-order valence-corrected chi connectivity index (χ4v) is 1.86. The first-order valence-corrected chi connectivity index (χ1v) is 6.06. The second-order valence-electron chi connectivity index (χ2n) is 4.64. The van der Waals surface area contributed by atoms with Gasteiger partial charge in [-0.3, -0.25) is 4.79 Å². The average molecular weight is 259 g/mol. The highest BCUT2D eigenvalue weighted by molar-refractivity contribution is 6.31. The third kappa shape index (κ3) is 3.75. The van der Waals surface area contributed by atoms with Crippen LogP contribution in [0.4, 0.5) is 0 Å². The number of halogens is 1. The molecular formula is C12H19ClN2O2. The van der Waals surface area contributed by atoms with Crippen LogP contribution in [-0.4, -0.2) is 27.7 Å². The SMILES string of the molecule is CCn1cc(Cl)cc1C(=O)NC(C)(C)CCO. The second-order valence-corrected chi connectivity index (χ2v) is 5.08. The molecule has 1 heterocycles. The van der Waals surface area contributed by atoms with Crippen molar-refractivity contribution < 1.29 is 9.90 Å². The van der Waals surface area contributed by atoms with Crippen molar-refractivity contribution in [2.45, 2.75) is 39.3 Å². The summed E-state index contributed by atoms with van der Waals surface area (Å²) in [5.41, 5.74) is 0.116. The molecule has 96 valence electrons. The lowest BCUT2D eigenvalue weighted by molar-refractivity contribution is 0.0890. The zero-order valence-corrected chi connectivity index (χ0v) is 11.2. The molecule has 1 aromatic heterocycles. The molecule has 0 unspecified atom stereocenters. The average Bonchev–Trinajstić information content (AvgIpc) is 2.58. The number of nitrogens with zero attached hydrogens (tertiary/aromatic N) is 1. The van der Waals surface area contributed by atoms with Crippen molar-refractivity contribution >= 4 is 17.5 Å². The summed E-state index contributed by atoms with van der Waals surface area (Å²) in [6.45, 7) is 6.44. The third-order valence-corrected chi connectivity index (χ3v) is 2.83. The van der Waals surface area contributed by atoms with Crippen molar-refractivity contribution in [1.82, 2.24) is 9.88 Å². The number of aromatic nitrogens is 1. The molecule has 4 nitrogen and oxygen atoms in total. The van der Waals surface area contributed by atoms with E-state index in [1.165, 1.54) is 0 Å². The summed E-state index contributed by atoms with van der Waals surface area (Å²) >= 11 is 5.88. The largest absolute Gasteiger partial charge is 0.396 e. The van der Waals surface area contributed by atoms with Gasteiger partial charge < -0.3 is 15.0 Å². The molecule has 0 spiro atoms. The first-order chi connectivity index (χ1) is 7.89. The van der Waals surface area contributed by atoms with E-state index in [2.05, 4.69) is 5.32 Å². The highest BCUT2D eigenvalue weighted by Gasteiger charge is 2.22. The molecule has 1 rings (SSSR count). The second kappa shape index (κ2) is 5.56. The summed E-state index contributed by atoms with van der Waals surface area (Å²) in [4.78, 5) is 12.1. The van der Waals surface area contributed by atoms with E-state index in [0.717, 1.165) is 0 Å². The van der Waals surface area contributed by atoms with Crippen LogP contribution in [0.2, 0.25) is 5.02 Å². The maximum atomic E-state index is 12.1. The Kier molecular flexibility index (Phi) is 4.60. The summed E-state index contributed by atoms with van der Waals surface area (Å²) in [7, 11) is 0. The van der Waals surface area contributed by atoms with Crippen LogP contribution in [0, 0.1) is 0 Å². The van der Waals surface area contributed by atoms with Crippen LogP contribution in [0.5, 0.6) is 0 Å². The van der Waals surface area contributed by atoms with Gasteiger partial charge in [0.15, 0.2) is 0 Å². The Balaban J connectivity index is 2.82. The molecule has 0 bridgehead atoms. The Hall–Kier alpha value is -1.00. The van der Waals surface area contributed by atoms with Gasteiger partial charge in [-0.1, -0.05) is 11.6 Å². The van der Waals surface area contributed by atoms with E-state index in [0.29, 0.717) is 23.7 Å². The molecule has 2 N–H and O–H groups in total. The number of carbonyl (C=O) groups excluding carboxylic acids is 1. The number of hydrogen-bond acceptors (Lipinski definition) is 2. The lowest BCUT2D eigenvalue weighted by atomic mass is 10.0. The Morgan fingerprint density at radius 1 is 1.59 bits per heavy atom. The molecule has 0 saturated heterocycles. The highest BCUT2D eigenvalue weighted by atomic mass is 35.5. The monoisotopic (exact) mass is 258 g/mol. The normalized spacial score (nSPS) is 11.6. The van der Waals surface area contributed by atoms with E-state index < -0.39 is 5.54 Å². The van der Waals surface area contributed by atoms with Gasteiger partial charge in [0.1, 0.15) is 5.69 Å². The molecule has 0 saturated carbocycles. The standard InChI is InChI=1S/C12H19ClN2O2/c1-4-15-8-9(13)7-10(15)11(17)14-12(2,3)5-6-16/h7-8,16H,4-6H2,1-3H3,(H,14,17). The molecular weight excluding hydrogens is 240 g/mol. The van der Waals surface area contributed by atoms with Gasteiger partial charge in [-0.05, 0) is 33.3 Å². The number of aryl methyl sites for hydroxylation is 1. The van der Waals surface area contributed by atoms with Gasteiger partial charge in [-0.25, -0.2) is 0 Å². The molecule has 5 heteroatoms. The van der Waals surface area contributed by atoms with Crippen LogP contribution in [0.1, 0.15) is 37.7 Å². The predicted octanol–water partition coefficient (Wildman–Crippen LogP) is 2.05. The Morgan fingerprint density at radius 2 is 2.24 bits per heavy atom. The minimum atomic E-state index is -0.429. The minimum Gasteiger partial charge on any atom is -0.396 e. The van der Waals surface area contributed by atoms with Gasteiger partial charge in [-0.15, -0.1) is 0 Å². The highest BCUT2D eigenvalue weighted by Crippen LogP contribution is 2.16. The molecule has 1 aromatic rings. The van der Waals surface area contributed by atoms with E-state index in [4.69, 9.17) is 16.7 Å². The fraction of sp³-hybridized carbons (Fsp3) is 0.583. The number of aliphatic hydroxyl groups is 1. The summed E-state index contributed by atoms with van der Waals surface area (Å²) < 4.78 is 1.80. The van der Waals surface area contributed by atoms with Crippen LogP contribution in [0.25, 0.3) is 0 Å². The summed E-state index contributed by atoms with van der Waals surface area (Å²) in [6.07, 6.45) is 2.24. The van der Waals surface area contributed by atoms with E-state index in [-0.39, 0.29) is 12.5 Å². The van der Waals surface area contributed by atoms with Gasteiger partial charge in [0.2, 0.25) is 0 Å². The summed E-state index contributed by atoms with van der Waals surface area (Å²) in [5, 5.41) is 12.3. The van der Waals surface area contributed by atoms with E-state index >= 15 is 0 Å². The van der Waals surface area contributed by atoms with E-state index in [9.17, 15) is 4.79 Å². The van der Waals surface area contributed by atoms with Crippen molar-refractivity contribution in [3.8, 4) is 0 Å². The van der Waals surface area contributed by atoms with Crippen LogP contribution in [0.3, 0.4) is 0 Å². The smallest absolute Gasteiger partial charge is 0.268 e. The quantitative estimate of drug-likeness (QED) is 0.849. The lowest BCUT2D eigenvalue weighted by Crippen LogP contribution is -2.44. The minimum absolute atomic E-state index is 0.0445. The molecule has 0 atom stereocenters. The topological polar surface area (TPSA) is 54.3 Å². The van der Waals surface area contributed by atoms with Gasteiger partial charge in [0, 0.05) is 24.9 Å². The zero-order valence-electron chi connectivity index (χ0n) is 10.5. The number of hydrogen-bond donors (Lipinski definition) is 2. The number of rotatable bonds is 5. The van der Waals surface area contributed by atoms with Crippen LogP contribution in [0.15, 0.2) is 12.3 Å². The Bertz CT molecular complexity index is 399. The van der Waals surface area contributed by atoms with Crippen molar-refractivity contribution in [3.05, 3.63) is 23.0 Å². The number of aliphatic hydroxyl groups excluding tert-OH is 1. The van der Waals surface area contributed by atoms with Crippen LogP contribution in [-0.2, 0) is 6.54 Å².